The van der Waals surface area contributed by atoms with Crippen molar-refractivity contribution < 1.29 is 18.9 Å². The molecule has 1 amide bonds. The van der Waals surface area contributed by atoms with Crippen LogP contribution in [0.5, 0.6) is 0 Å². The largest absolute Gasteiger partial charge is 0.433 e. The number of ether oxygens (including phenoxy) is 1. The molecule has 0 radical (unpaired) electrons. The quantitative estimate of drug-likeness (QED) is 0.588. The molecule has 1 fully saturated rings. The van der Waals surface area contributed by atoms with Gasteiger partial charge < -0.3 is 14.1 Å². The van der Waals surface area contributed by atoms with Crippen LogP contribution in [0.1, 0.15) is 24.4 Å². The summed E-state index contributed by atoms with van der Waals surface area (Å²) in [6, 6.07) is 2.44. The van der Waals surface area contributed by atoms with E-state index in [1.807, 2.05) is 13.8 Å². The minimum atomic E-state index is -0.665. The Morgan fingerprint density at radius 3 is 2.83 bits per heavy atom. The van der Waals surface area contributed by atoms with E-state index < -0.39 is 10.8 Å². The monoisotopic (exact) mass is 254 g/mol. The highest BCUT2D eigenvalue weighted by atomic mass is 16.6. The molecule has 7 nitrogen and oxygen atoms in total. The van der Waals surface area contributed by atoms with E-state index in [4.69, 9.17) is 9.15 Å². The van der Waals surface area contributed by atoms with E-state index in [0.717, 1.165) is 0 Å². The van der Waals surface area contributed by atoms with Crippen LogP contribution in [0.3, 0.4) is 0 Å². The maximum Gasteiger partial charge on any atom is 0.433 e. The number of nitro groups is 1. The number of carbonyl (C=O) groups excluding carboxylic acids is 1. The van der Waals surface area contributed by atoms with Crippen molar-refractivity contribution in [1.82, 2.24) is 4.90 Å². The van der Waals surface area contributed by atoms with Crippen LogP contribution in [-0.2, 0) is 4.74 Å². The van der Waals surface area contributed by atoms with Gasteiger partial charge in [0, 0.05) is 6.54 Å². The number of hydrogen-bond donors (Lipinski definition) is 0. The third kappa shape index (κ3) is 2.35. The summed E-state index contributed by atoms with van der Waals surface area (Å²) in [5, 5.41) is 10.5. The van der Waals surface area contributed by atoms with Crippen LogP contribution in [-0.4, -0.2) is 41.0 Å². The molecule has 0 N–H and O–H groups in total. The normalized spacial score (nSPS) is 24.0. The molecule has 1 aromatic heterocycles. The van der Waals surface area contributed by atoms with Crippen molar-refractivity contribution >= 4 is 11.8 Å². The number of hydrogen-bond acceptors (Lipinski definition) is 5. The summed E-state index contributed by atoms with van der Waals surface area (Å²) in [5.74, 6) is -0.777. The maximum absolute atomic E-state index is 12.1. The number of rotatable bonds is 2. The molecule has 0 aliphatic carbocycles. The molecule has 1 aromatic rings. The van der Waals surface area contributed by atoms with Crippen molar-refractivity contribution in [3.63, 3.8) is 0 Å². The molecular weight excluding hydrogens is 240 g/mol. The van der Waals surface area contributed by atoms with E-state index >= 15 is 0 Å². The maximum atomic E-state index is 12.1. The zero-order valence-electron chi connectivity index (χ0n) is 10.2. The SMILES string of the molecule is C[C@@H]1CO[C@@H](C)CN1C(=O)c1ccc([N+](=O)[O-])o1. The molecule has 7 heteroatoms. The van der Waals surface area contributed by atoms with E-state index in [-0.39, 0.29) is 23.8 Å². The lowest BCUT2D eigenvalue weighted by Crippen LogP contribution is -2.50. The molecule has 2 heterocycles. The molecule has 0 aromatic carbocycles. The Balaban J connectivity index is 2.16. The predicted molar refractivity (Wildman–Crippen MR) is 61.3 cm³/mol. The van der Waals surface area contributed by atoms with Gasteiger partial charge in [-0.25, -0.2) is 0 Å². The fourth-order valence-electron chi connectivity index (χ4n) is 1.87. The molecule has 18 heavy (non-hydrogen) atoms. The lowest BCUT2D eigenvalue weighted by atomic mass is 10.2. The van der Waals surface area contributed by atoms with Crippen LogP contribution in [0.2, 0.25) is 0 Å². The minimum absolute atomic E-state index is 0.0114. The Bertz CT molecular complexity index is 470. The van der Waals surface area contributed by atoms with Crippen molar-refractivity contribution in [2.75, 3.05) is 13.2 Å². The smallest absolute Gasteiger partial charge is 0.395 e. The molecule has 0 spiro atoms. The Morgan fingerprint density at radius 1 is 1.50 bits per heavy atom. The standard InChI is InChI=1S/C11H14N2O5/c1-7-6-17-8(2)5-12(7)11(14)9-3-4-10(18-9)13(15)16/h3-4,7-8H,5-6H2,1-2H3/t7-,8+/m1/s1. The molecule has 1 aliphatic heterocycles. The van der Waals surface area contributed by atoms with Crippen LogP contribution in [0.25, 0.3) is 0 Å². The van der Waals surface area contributed by atoms with Crippen LogP contribution >= 0.6 is 0 Å². The Labute approximate surface area is 103 Å². The van der Waals surface area contributed by atoms with E-state index in [0.29, 0.717) is 13.2 Å². The van der Waals surface area contributed by atoms with Gasteiger partial charge in [-0.3, -0.25) is 14.9 Å². The zero-order valence-corrected chi connectivity index (χ0v) is 10.2. The third-order valence-corrected chi connectivity index (χ3v) is 2.85. The van der Waals surface area contributed by atoms with Gasteiger partial charge in [0.1, 0.15) is 4.92 Å². The highest BCUT2D eigenvalue weighted by Gasteiger charge is 2.30. The first-order valence-corrected chi connectivity index (χ1v) is 5.66. The summed E-state index contributed by atoms with van der Waals surface area (Å²) in [6.45, 7) is 4.64. The second kappa shape index (κ2) is 4.77. The van der Waals surface area contributed by atoms with Gasteiger partial charge in [-0.2, -0.15) is 0 Å². The van der Waals surface area contributed by atoms with Crippen LogP contribution < -0.4 is 0 Å². The Kier molecular flexibility index (Phi) is 3.33. The molecule has 0 bridgehead atoms. The Hall–Kier alpha value is -1.89. The van der Waals surface area contributed by atoms with Crippen molar-refractivity contribution in [2.24, 2.45) is 0 Å². The van der Waals surface area contributed by atoms with Crippen molar-refractivity contribution in [1.29, 1.82) is 0 Å². The molecular formula is C11H14N2O5. The highest BCUT2D eigenvalue weighted by Crippen LogP contribution is 2.20. The number of carbonyl (C=O) groups is 1. The molecule has 2 atom stereocenters. The molecule has 98 valence electrons. The van der Waals surface area contributed by atoms with E-state index in [9.17, 15) is 14.9 Å². The van der Waals surface area contributed by atoms with E-state index in [1.165, 1.54) is 12.1 Å². The van der Waals surface area contributed by atoms with Gasteiger partial charge in [0.25, 0.3) is 5.91 Å². The van der Waals surface area contributed by atoms with E-state index in [1.54, 1.807) is 4.90 Å². The minimum Gasteiger partial charge on any atom is -0.395 e. The topological polar surface area (TPSA) is 85.8 Å². The van der Waals surface area contributed by atoms with Gasteiger partial charge in [-0.15, -0.1) is 0 Å². The molecule has 0 saturated carbocycles. The van der Waals surface area contributed by atoms with Crippen molar-refractivity contribution in [3.05, 3.63) is 28.0 Å². The van der Waals surface area contributed by atoms with Gasteiger partial charge in [0.05, 0.1) is 24.8 Å². The fourth-order valence-corrected chi connectivity index (χ4v) is 1.87. The van der Waals surface area contributed by atoms with Crippen LogP contribution in [0, 0.1) is 10.1 Å². The number of nitrogens with zero attached hydrogens (tertiary/aromatic N) is 2. The van der Waals surface area contributed by atoms with Gasteiger partial charge in [0.2, 0.25) is 0 Å². The van der Waals surface area contributed by atoms with Crippen molar-refractivity contribution in [2.45, 2.75) is 26.0 Å². The van der Waals surface area contributed by atoms with Crippen molar-refractivity contribution in [3.8, 4) is 0 Å². The fraction of sp³-hybridized carbons (Fsp3) is 0.545. The number of furan rings is 1. The molecule has 0 unspecified atom stereocenters. The highest BCUT2D eigenvalue weighted by molar-refractivity contribution is 5.92. The average Bonchev–Trinajstić information content (AvgIpc) is 2.81. The van der Waals surface area contributed by atoms with Gasteiger partial charge >= 0.3 is 5.88 Å². The first-order valence-electron chi connectivity index (χ1n) is 5.66. The second-order valence-corrected chi connectivity index (χ2v) is 4.35. The lowest BCUT2D eigenvalue weighted by Gasteiger charge is -2.36. The summed E-state index contributed by atoms with van der Waals surface area (Å²) in [5.41, 5.74) is 0. The lowest BCUT2D eigenvalue weighted by molar-refractivity contribution is -0.402. The van der Waals surface area contributed by atoms with E-state index in [2.05, 4.69) is 0 Å². The van der Waals surface area contributed by atoms with Crippen LogP contribution in [0.4, 0.5) is 5.88 Å². The second-order valence-electron chi connectivity index (χ2n) is 4.35. The number of amides is 1. The third-order valence-electron chi connectivity index (χ3n) is 2.85. The molecule has 1 aliphatic rings. The first-order chi connectivity index (χ1) is 8.49. The first kappa shape index (κ1) is 12.6. The number of morpholine rings is 1. The summed E-state index contributed by atoms with van der Waals surface area (Å²) in [4.78, 5) is 23.6. The summed E-state index contributed by atoms with van der Waals surface area (Å²) in [6.07, 6.45) is -0.0462. The molecule has 1 saturated heterocycles. The Morgan fingerprint density at radius 2 is 2.22 bits per heavy atom. The van der Waals surface area contributed by atoms with Gasteiger partial charge in [0.15, 0.2) is 5.76 Å². The molecule has 2 rings (SSSR count). The summed E-state index contributed by atoms with van der Waals surface area (Å²) < 4.78 is 10.3. The zero-order chi connectivity index (χ0) is 13.3. The van der Waals surface area contributed by atoms with Crippen LogP contribution in [0.15, 0.2) is 16.5 Å². The summed E-state index contributed by atoms with van der Waals surface area (Å²) in [7, 11) is 0. The van der Waals surface area contributed by atoms with Gasteiger partial charge in [-0.05, 0) is 19.9 Å². The van der Waals surface area contributed by atoms with Gasteiger partial charge in [-0.1, -0.05) is 0 Å². The summed E-state index contributed by atoms with van der Waals surface area (Å²) >= 11 is 0. The predicted octanol–water partition coefficient (Wildman–Crippen LogP) is 1.44. The average molecular weight is 254 g/mol.